The Bertz CT molecular complexity index is 498. The number of aromatic nitrogens is 2. The van der Waals surface area contributed by atoms with Gasteiger partial charge in [-0.1, -0.05) is 13.0 Å². The van der Waals surface area contributed by atoms with Crippen LogP contribution in [0, 0.1) is 5.82 Å². The Hall–Kier alpha value is -1.75. The Kier molecular flexibility index (Phi) is 3.49. The zero-order valence-electron chi connectivity index (χ0n) is 9.77. The van der Waals surface area contributed by atoms with Crippen molar-refractivity contribution in [1.29, 1.82) is 0 Å². The fraction of sp³-hybridized carbons (Fsp3) is 0.333. The summed E-state index contributed by atoms with van der Waals surface area (Å²) < 4.78 is 18.5. The summed E-state index contributed by atoms with van der Waals surface area (Å²) in [5.41, 5.74) is 0.590. The van der Waals surface area contributed by atoms with E-state index >= 15 is 0 Å². The van der Waals surface area contributed by atoms with E-state index in [1.54, 1.807) is 12.1 Å². The number of halogens is 1. The van der Waals surface area contributed by atoms with Gasteiger partial charge in [-0.25, -0.2) is 4.39 Å². The molecule has 0 bridgehead atoms. The first-order chi connectivity index (χ1) is 8.20. The van der Waals surface area contributed by atoms with Crippen LogP contribution < -0.4 is 5.32 Å². The lowest BCUT2D eigenvalue weighted by molar-refractivity contribution is 0.429. The Morgan fingerprint density at radius 2 is 2.24 bits per heavy atom. The van der Waals surface area contributed by atoms with Crippen LogP contribution in [0.15, 0.2) is 28.7 Å². The summed E-state index contributed by atoms with van der Waals surface area (Å²) in [6.45, 7) is 4.76. The molecule has 4 nitrogen and oxygen atoms in total. The Morgan fingerprint density at radius 3 is 2.94 bits per heavy atom. The van der Waals surface area contributed by atoms with Crippen molar-refractivity contribution in [3.05, 3.63) is 36.0 Å². The normalized spacial score (nSPS) is 12.6. The molecule has 2 rings (SSSR count). The molecule has 17 heavy (non-hydrogen) atoms. The van der Waals surface area contributed by atoms with E-state index < -0.39 is 0 Å². The summed E-state index contributed by atoms with van der Waals surface area (Å²) in [5, 5.41) is 11.0. The number of hydrogen-bond donors (Lipinski definition) is 1. The molecular weight excluding hydrogens is 221 g/mol. The zero-order valence-corrected chi connectivity index (χ0v) is 9.77. The van der Waals surface area contributed by atoms with Gasteiger partial charge in [0.2, 0.25) is 11.8 Å². The van der Waals surface area contributed by atoms with E-state index in [0.717, 1.165) is 6.54 Å². The van der Waals surface area contributed by atoms with E-state index in [0.29, 0.717) is 17.3 Å². The molecule has 0 spiro atoms. The molecule has 1 atom stereocenters. The van der Waals surface area contributed by atoms with Crippen LogP contribution in [0.1, 0.15) is 25.8 Å². The van der Waals surface area contributed by atoms with Crippen molar-refractivity contribution in [2.24, 2.45) is 0 Å². The van der Waals surface area contributed by atoms with Gasteiger partial charge >= 0.3 is 0 Å². The Labute approximate surface area is 98.9 Å². The summed E-state index contributed by atoms with van der Waals surface area (Å²) in [7, 11) is 0. The molecule has 1 aromatic heterocycles. The number of rotatable bonds is 4. The van der Waals surface area contributed by atoms with Crippen molar-refractivity contribution >= 4 is 0 Å². The number of hydrogen-bond acceptors (Lipinski definition) is 4. The van der Waals surface area contributed by atoms with Gasteiger partial charge in [0, 0.05) is 5.56 Å². The van der Waals surface area contributed by atoms with Crippen LogP contribution in [0.3, 0.4) is 0 Å². The average molecular weight is 235 g/mol. The van der Waals surface area contributed by atoms with Crippen molar-refractivity contribution in [3.8, 4) is 11.5 Å². The topological polar surface area (TPSA) is 51.0 Å². The third-order valence-electron chi connectivity index (χ3n) is 2.39. The molecule has 0 aliphatic heterocycles. The minimum atomic E-state index is -0.318. The Balaban J connectivity index is 2.23. The van der Waals surface area contributed by atoms with Crippen molar-refractivity contribution in [3.63, 3.8) is 0 Å². The summed E-state index contributed by atoms with van der Waals surface area (Å²) in [6.07, 6.45) is 0. The zero-order chi connectivity index (χ0) is 12.3. The molecule has 90 valence electrons. The van der Waals surface area contributed by atoms with Crippen LogP contribution in [0.25, 0.3) is 11.5 Å². The lowest BCUT2D eigenvalue weighted by atomic mass is 10.2. The second-order valence-electron chi connectivity index (χ2n) is 3.74. The lowest BCUT2D eigenvalue weighted by Crippen LogP contribution is -2.17. The molecule has 0 saturated heterocycles. The van der Waals surface area contributed by atoms with E-state index in [-0.39, 0.29) is 11.9 Å². The minimum Gasteiger partial charge on any atom is -0.419 e. The fourth-order valence-electron chi connectivity index (χ4n) is 1.54. The highest BCUT2D eigenvalue weighted by Gasteiger charge is 2.13. The van der Waals surface area contributed by atoms with Crippen LogP contribution >= 0.6 is 0 Å². The number of benzene rings is 1. The quantitative estimate of drug-likeness (QED) is 0.884. The average Bonchev–Trinajstić information content (AvgIpc) is 2.78. The molecule has 0 radical (unpaired) electrons. The molecular formula is C12H14FN3O. The van der Waals surface area contributed by atoms with Crippen LogP contribution in [-0.2, 0) is 0 Å². The molecule has 1 unspecified atom stereocenters. The molecule has 0 amide bonds. The molecule has 0 saturated carbocycles. The molecule has 0 aliphatic carbocycles. The maximum atomic E-state index is 13.0. The summed E-state index contributed by atoms with van der Waals surface area (Å²) in [5.74, 6) is 0.525. The fourth-order valence-corrected chi connectivity index (χ4v) is 1.54. The smallest absolute Gasteiger partial charge is 0.247 e. The highest BCUT2D eigenvalue weighted by molar-refractivity contribution is 5.52. The second kappa shape index (κ2) is 5.05. The van der Waals surface area contributed by atoms with Crippen molar-refractivity contribution in [2.75, 3.05) is 6.54 Å². The lowest BCUT2D eigenvalue weighted by Gasteiger charge is -2.05. The minimum absolute atomic E-state index is 0.00481. The van der Waals surface area contributed by atoms with Gasteiger partial charge in [-0.05, 0) is 31.7 Å². The van der Waals surface area contributed by atoms with Crippen LogP contribution in [0.5, 0.6) is 0 Å². The van der Waals surface area contributed by atoms with Gasteiger partial charge in [0.25, 0.3) is 0 Å². The van der Waals surface area contributed by atoms with E-state index in [9.17, 15) is 4.39 Å². The van der Waals surface area contributed by atoms with Crippen LogP contribution in [0.4, 0.5) is 4.39 Å². The van der Waals surface area contributed by atoms with E-state index in [1.165, 1.54) is 12.1 Å². The predicted molar refractivity (Wildman–Crippen MR) is 61.8 cm³/mol. The van der Waals surface area contributed by atoms with Crippen molar-refractivity contribution in [2.45, 2.75) is 19.9 Å². The van der Waals surface area contributed by atoms with Gasteiger partial charge in [-0.3, -0.25) is 0 Å². The molecule has 0 aliphatic rings. The Morgan fingerprint density at radius 1 is 1.41 bits per heavy atom. The largest absolute Gasteiger partial charge is 0.419 e. The summed E-state index contributed by atoms with van der Waals surface area (Å²) in [4.78, 5) is 0. The molecule has 1 N–H and O–H groups in total. The maximum absolute atomic E-state index is 13.0. The van der Waals surface area contributed by atoms with E-state index in [2.05, 4.69) is 15.5 Å². The monoisotopic (exact) mass is 235 g/mol. The summed E-state index contributed by atoms with van der Waals surface area (Å²) in [6, 6.07) is 6.09. The van der Waals surface area contributed by atoms with Crippen molar-refractivity contribution in [1.82, 2.24) is 15.5 Å². The van der Waals surface area contributed by atoms with Gasteiger partial charge in [-0.2, -0.15) is 0 Å². The number of nitrogens with one attached hydrogen (secondary N) is 1. The molecule has 5 heteroatoms. The SMILES string of the molecule is CCNC(C)c1nnc(-c2cccc(F)c2)o1. The van der Waals surface area contributed by atoms with Gasteiger partial charge in [0.15, 0.2) is 0 Å². The summed E-state index contributed by atoms with van der Waals surface area (Å²) >= 11 is 0. The highest BCUT2D eigenvalue weighted by atomic mass is 19.1. The highest BCUT2D eigenvalue weighted by Crippen LogP contribution is 2.20. The molecule has 1 heterocycles. The molecule has 2 aromatic rings. The predicted octanol–water partition coefficient (Wildman–Crippen LogP) is 2.55. The second-order valence-corrected chi connectivity index (χ2v) is 3.74. The van der Waals surface area contributed by atoms with Crippen LogP contribution in [0.2, 0.25) is 0 Å². The standard InChI is InChI=1S/C12H14FN3O/c1-3-14-8(2)11-15-16-12(17-11)9-5-4-6-10(13)7-9/h4-8,14H,3H2,1-2H3. The third kappa shape index (κ3) is 2.68. The van der Waals surface area contributed by atoms with Gasteiger partial charge < -0.3 is 9.73 Å². The first-order valence-corrected chi connectivity index (χ1v) is 5.53. The first kappa shape index (κ1) is 11.7. The van der Waals surface area contributed by atoms with E-state index in [1.807, 2.05) is 13.8 Å². The first-order valence-electron chi connectivity index (χ1n) is 5.53. The van der Waals surface area contributed by atoms with Crippen LogP contribution in [-0.4, -0.2) is 16.7 Å². The van der Waals surface area contributed by atoms with Crippen molar-refractivity contribution < 1.29 is 8.81 Å². The maximum Gasteiger partial charge on any atom is 0.247 e. The van der Waals surface area contributed by atoms with E-state index in [4.69, 9.17) is 4.42 Å². The van der Waals surface area contributed by atoms with Gasteiger partial charge in [0.05, 0.1) is 6.04 Å². The van der Waals surface area contributed by atoms with Gasteiger partial charge in [-0.15, -0.1) is 10.2 Å². The molecule has 1 aromatic carbocycles. The number of nitrogens with zero attached hydrogens (tertiary/aromatic N) is 2. The molecule has 0 fully saturated rings. The van der Waals surface area contributed by atoms with Gasteiger partial charge in [0.1, 0.15) is 5.82 Å². The third-order valence-corrected chi connectivity index (χ3v) is 2.39.